The number of halogens is 1. The number of aliphatic hydroxyl groups excluding tert-OH is 1. The van der Waals surface area contributed by atoms with E-state index in [1.165, 1.54) is 0 Å². The molecule has 1 amide bonds. The Balaban J connectivity index is 2.22. The SMILES string of the molecule is CC1CN(C(=O)c2cc(Cl)ccc2NN)CCC1O. The number of hydrogen-bond donors (Lipinski definition) is 3. The normalized spacial score (nSPS) is 23.3. The minimum absolute atomic E-state index is 0.0752. The standard InChI is InChI=1S/C13H18ClN3O2/c1-8-7-17(5-4-12(8)18)13(19)10-6-9(14)2-3-11(10)16-15/h2-3,6,8,12,16,18H,4-5,7,15H2,1H3. The third-order valence-electron chi connectivity index (χ3n) is 3.51. The number of nitrogen functional groups attached to an aromatic ring is 1. The van der Waals surface area contributed by atoms with Gasteiger partial charge in [-0.05, 0) is 30.5 Å². The topological polar surface area (TPSA) is 78.6 Å². The second-order valence-corrected chi connectivity index (χ2v) is 5.36. The van der Waals surface area contributed by atoms with Gasteiger partial charge in [0.15, 0.2) is 0 Å². The van der Waals surface area contributed by atoms with E-state index in [1.807, 2.05) is 6.92 Å². The summed E-state index contributed by atoms with van der Waals surface area (Å²) in [6.45, 7) is 3.02. The number of nitrogens with zero attached hydrogens (tertiary/aromatic N) is 1. The molecule has 19 heavy (non-hydrogen) atoms. The van der Waals surface area contributed by atoms with Crippen LogP contribution in [0.15, 0.2) is 18.2 Å². The minimum atomic E-state index is -0.337. The minimum Gasteiger partial charge on any atom is -0.393 e. The monoisotopic (exact) mass is 283 g/mol. The Morgan fingerprint density at radius 1 is 1.58 bits per heavy atom. The molecule has 0 saturated carbocycles. The zero-order valence-corrected chi connectivity index (χ0v) is 11.5. The Kier molecular flexibility index (Phi) is 4.29. The Bertz CT molecular complexity index is 481. The molecular weight excluding hydrogens is 266 g/mol. The third-order valence-corrected chi connectivity index (χ3v) is 3.75. The summed E-state index contributed by atoms with van der Waals surface area (Å²) in [5.74, 6) is 5.37. The molecule has 0 bridgehead atoms. The van der Waals surface area contributed by atoms with E-state index in [0.29, 0.717) is 35.8 Å². The molecule has 0 radical (unpaired) electrons. The maximum Gasteiger partial charge on any atom is 0.256 e. The number of hydrazine groups is 1. The first-order valence-corrected chi connectivity index (χ1v) is 6.64. The van der Waals surface area contributed by atoms with Crippen LogP contribution in [0.2, 0.25) is 5.02 Å². The molecule has 1 fully saturated rings. The molecule has 2 atom stereocenters. The van der Waals surface area contributed by atoms with Gasteiger partial charge < -0.3 is 15.4 Å². The Morgan fingerprint density at radius 3 is 2.95 bits per heavy atom. The second-order valence-electron chi connectivity index (χ2n) is 4.92. The number of nitrogens with two attached hydrogens (primary N) is 1. The highest BCUT2D eigenvalue weighted by Crippen LogP contribution is 2.24. The van der Waals surface area contributed by atoms with E-state index >= 15 is 0 Å². The highest BCUT2D eigenvalue weighted by atomic mass is 35.5. The summed E-state index contributed by atoms with van der Waals surface area (Å²) in [4.78, 5) is 14.2. The maximum absolute atomic E-state index is 12.5. The molecule has 1 aliphatic rings. The van der Waals surface area contributed by atoms with Crippen molar-refractivity contribution in [3.63, 3.8) is 0 Å². The van der Waals surface area contributed by atoms with E-state index in [2.05, 4.69) is 5.43 Å². The van der Waals surface area contributed by atoms with Crippen LogP contribution in [0.1, 0.15) is 23.7 Å². The van der Waals surface area contributed by atoms with E-state index in [-0.39, 0.29) is 17.9 Å². The number of rotatable bonds is 2. The predicted octanol–water partition coefficient (Wildman–Crippen LogP) is 1.47. The molecule has 1 saturated heterocycles. The fourth-order valence-electron chi connectivity index (χ4n) is 2.31. The molecule has 0 aromatic heterocycles. The van der Waals surface area contributed by atoms with Crippen molar-refractivity contribution < 1.29 is 9.90 Å². The average Bonchev–Trinajstić information content (AvgIpc) is 2.41. The van der Waals surface area contributed by atoms with E-state index in [0.717, 1.165) is 0 Å². The van der Waals surface area contributed by atoms with Crippen molar-refractivity contribution in [1.82, 2.24) is 4.90 Å². The van der Waals surface area contributed by atoms with Gasteiger partial charge in [-0.3, -0.25) is 10.6 Å². The van der Waals surface area contributed by atoms with E-state index in [1.54, 1.807) is 23.1 Å². The number of amides is 1. The molecule has 2 rings (SSSR count). The number of aliphatic hydroxyl groups is 1. The van der Waals surface area contributed by atoms with Crippen LogP contribution in [0.3, 0.4) is 0 Å². The molecule has 6 heteroatoms. The summed E-state index contributed by atoms with van der Waals surface area (Å²) >= 11 is 5.93. The van der Waals surface area contributed by atoms with Gasteiger partial charge in [-0.2, -0.15) is 0 Å². The summed E-state index contributed by atoms with van der Waals surface area (Å²) in [6.07, 6.45) is 0.259. The molecule has 104 valence electrons. The number of anilines is 1. The Labute approximate surface area is 117 Å². The van der Waals surface area contributed by atoms with Crippen LogP contribution in [0.5, 0.6) is 0 Å². The van der Waals surface area contributed by atoms with Gasteiger partial charge >= 0.3 is 0 Å². The lowest BCUT2D eigenvalue weighted by Gasteiger charge is -2.34. The highest BCUT2D eigenvalue weighted by Gasteiger charge is 2.28. The zero-order chi connectivity index (χ0) is 14.0. The lowest BCUT2D eigenvalue weighted by Crippen LogP contribution is -2.45. The number of carbonyl (C=O) groups is 1. The van der Waals surface area contributed by atoms with Crippen LogP contribution < -0.4 is 11.3 Å². The molecule has 1 heterocycles. The molecule has 1 aromatic rings. The summed E-state index contributed by atoms with van der Waals surface area (Å²) in [5.41, 5.74) is 3.51. The Hall–Kier alpha value is -1.30. The summed E-state index contributed by atoms with van der Waals surface area (Å²) in [7, 11) is 0. The second kappa shape index (κ2) is 5.77. The van der Waals surface area contributed by atoms with Crippen molar-refractivity contribution in [2.45, 2.75) is 19.4 Å². The molecular formula is C13H18ClN3O2. The summed E-state index contributed by atoms with van der Waals surface area (Å²) < 4.78 is 0. The lowest BCUT2D eigenvalue weighted by atomic mass is 9.96. The van der Waals surface area contributed by atoms with Gasteiger partial charge in [0.05, 0.1) is 17.4 Å². The first-order chi connectivity index (χ1) is 9.02. The van der Waals surface area contributed by atoms with Crippen molar-refractivity contribution in [2.75, 3.05) is 18.5 Å². The van der Waals surface area contributed by atoms with Crippen LogP contribution in [-0.4, -0.2) is 35.1 Å². The first kappa shape index (κ1) is 14.1. The molecule has 1 aliphatic heterocycles. The zero-order valence-electron chi connectivity index (χ0n) is 10.8. The van der Waals surface area contributed by atoms with Crippen LogP contribution in [-0.2, 0) is 0 Å². The molecule has 5 nitrogen and oxygen atoms in total. The number of benzene rings is 1. The maximum atomic E-state index is 12.5. The largest absolute Gasteiger partial charge is 0.393 e. The van der Waals surface area contributed by atoms with Crippen LogP contribution in [0.25, 0.3) is 0 Å². The number of likely N-dealkylation sites (tertiary alicyclic amines) is 1. The highest BCUT2D eigenvalue weighted by molar-refractivity contribution is 6.31. The van der Waals surface area contributed by atoms with Crippen molar-refractivity contribution in [3.8, 4) is 0 Å². The number of piperidine rings is 1. The molecule has 1 aromatic carbocycles. The van der Waals surface area contributed by atoms with Crippen LogP contribution in [0, 0.1) is 5.92 Å². The smallest absolute Gasteiger partial charge is 0.256 e. The molecule has 4 N–H and O–H groups in total. The fourth-order valence-corrected chi connectivity index (χ4v) is 2.48. The first-order valence-electron chi connectivity index (χ1n) is 6.26. The van der Waals surface area contributed by atoms with Gasteiger partial charge in [-0.15, -0.1) is 0 Å². The predicted molar refractivity (Wildman–Crippen MR) is 75.0 cm³/mol. The Morgan fingerprint density at radius 2 is 2.32 bits per heavy atom. The van der Waals surface area contributed by atoms with Crippen molar-refractivity contribution in [1.29, 1.82) is 0 Å². The quantitative estimate of drug-likeness (QED) is 0.567. The summed E-state index contributed by atoms with van der Waals surface area (Å²) in [6, 6.07) is 4.96. The van der Waals surface area contributed by atoms with Gasteiger partial charge in [0.25, 0.3) is 5.91 Å². The number of nitrogens with one attached hydrogen (secondary N) is 1. The molecule has 2 unspecified atom stereocenters. The van der Waals surface area contributed by atoms with E-state index in [4.69, 9.17) is 17.4 Å². The van der Waals surface area contributed by atoms with Crippen molar-refractivity contribution in [3.05, 3.63) is 28.8 Å². The van der Waals surface area contributed by atoms with Gasteiger partial charge in [-0.25, -0.2) is 0 Å². The molecule has 0 aliphatic carbocycles. The third kappa shape index (κ3) is 3.00. The van der Waals surface area contributed by atoms with Gasteiger partial charge in [0, 0.05) is 18.1 Å². The fraction of sp³-hybridized carbons (Fsp3) is 0.462. The van der Waals surface area contributed by atoms with Crippen molar-refractivity contribution in [2.24, 2.45) is 11.8 Å². The van der Waals surface area contributed by atoms with Gasteiger partial charge in [0.1, 0.15) is 0 Å². The van der Waals surface area contributed by atoms with Crippen molar-refractivity contribution >= 4 is 23.2 Å². The van der Waals surface area contributed by atoms with Gasteiger partial charge in [-0.1, -0.05) is 18.5 Å². The number of carbonyl (C=O) groups excluding carboxylic acids is 1. The average molecular weight is 284 g/mol. The lowest BCUT2D eigenvalue weighted by molar-refractivity contribution is 0.0298. The van der Waals surface area contributed by atoms with E-state index < -0.39 is 0 Å². The van der Waals surface area contributed by atoms with Crippen LogP contribution >= 0.6 is 11.6 Å². The van der Waals surface area contributed by atoms with Crippen LogP contribution in [0.4, 0.5) is 5.69 Å². The molecule has 0 spiro atoms. The van der Waals surface area contributed by atoms with E-state index in [9.17, 15) is 9.90 Å². The summed E-state index contributed by atoms with van der Waals surface area (Å²) in [5, 5.41) is 10.2. The number of hydrogen-bond acceptors (Lipinski definition) is 4. The van der Waals surface area contributed by atoms with Gasteiger partial charge in [0.2, 0.25) is 0 Å².